The lowest BCUT2D eigenvalue weighted by Gasteiger charge is -2.08. The van der Waals surface area contributed by atoms with Crippen LogP contribution in [0.4, 0.5) is 30.5 Å². The van der Waals surface area contributed by atoms with Crippen LogP contribution in [-0.4, -0.2) is 20.2 Å². The number of alkyl halides is 3. The summed E-state index contributed by atoms with van der Waals surface area (Å²) in [4.78, 5) is 7.77. The number of nitrogens with zero attached hydrogens (tertiary/aromatic N) is 3. The van der Waals surface area contributed by atoms with E-state index in [-0.39, 0.29) is 5.82 Å². The average Bonchev–Trinajstić information content (AvgIpc) is 2.83. The number of rotatable bonds is 2. The number of fused-ring (bicyclic) bond motifs is 1. The number of hydrogen-bond donors (Lipinski definition) is 3. The SMILES string of the molecule is Nc1ncnc2n[nH]c(Nc3ccc(C(F)(F)F)cc3)c12. The number of nitrogen functional groups attached to an aromatic ring is 1. The van der Waals surface area contributed by atoms with E-state index >= 15 is 0 Å². The summed E-state index contributed by atoms with van der Waals surface area (Å²) in [6, 6.07) is 4.60. The maximum absolute atomic E-state index is 12.5. The van der Waals surface area contributed by atoms with E-state index in [2.05, 4.69) is 25.5 Å². The van der Waals surface area contributed by atoms with Crippen molar-refractivity contribution in [3.8, 4) is 0 Å². The van der Waals surface area contributed by atoms with Crippen LogP contribution < -0.4 is 11.1 Å². The first kappa shape index (κ1) is 13.2. The molecule has 0 aliphatic rings. The van der Waals surface area contributed by atoms with Gasteiger partial charge >= 0.3 is 6.18 Å². The van der Waals surface area contributed by atoms with Crippen molar-refractivity contribution in [1.29, 1.82) is 0 Å². The standard InChI is InChI=1S/C12H9F3N6/c13-12(14,15)6-1-3-7(4-2-6)19-11-8-9(16)17-5-18-10(8)20-21-11/h1-5H,(H4,16,17,18,19,20,21). The van der Waals surface area contributed by atoms with E-state index in [0.717, 1.165) is 12.1 Å². The zero-order valence-electron chi connectivity index (χ0n) is 10.4. The summed E-state index contributed by atoms with van der Waals surface area (Å²) in [6.07, 6.45) is -3.09. The number of aromatic nitrogens is 4. The van der Waals surface area contributed by atoms with Crippen LogP contribution in [0.5, 0.6) is 0 Å². The van der Waals surface area contributed by atoms with Crippen molar-refractivity contribution in [2.75, 3.05) is 11.1 Å². The minimum Gasteiger partial charge on any atom is -0.383 e. The van der Waals surface area contributed by atoms with Gasteiger partial charge in [-0.15, -0.1) is 0 Å². The highest BCUT2D eigenvalue weighted by atomic mass is 19.4. The summed E-state index contributed by atoms with van der Waals surface area (Å²) in [5, 5.41) is 10.0. The quantitative estimate of drug-likeness (QED) is 0.675. The highest BCUT2D eigenvalue weighted by molar-refractivity contribution is 5.96. The Morgan fingerprint density at radius 3 is 2.48 bits per heavy atom. The lowest BCUT2D eigenvalue weighted by Crippen LogP contribution is -2.04. The van der Waals surface area contributed by atoms with Gasteiger partial charge in [0, 0.05) is 5.69 Å². The number of benzene rings is 1. The summed E-state index contributed by atoms with van der Waals surface area (Å²) < 4.78 is 37.5. The molecule has 4 N–H and O–H groups in total. The highest BCUT2D eigenvalue weighted by Crippen LogP contribution is 2.31. The molecule has 3 rings (SSSR count). The molecule has 21 heavy (non-hydrogen) atoms. The summed E-state index contributed by atoms with van der Waals surface area (Å²) >= 11 is 0. The van der Waals surface area contributed by atoms with E-state index in [4.69, 9.17) is 5.73 Å². The topological polar surface area (TPSA) is 92.5 Å². The molecule has 0 fully saturated rings. The Hall–Kier alpha value is -2.84. The van der Waals surface area contributed by atoms with Crippen molar-refractivity contribution in [1.82, 2.24) is 20.2 Å². The van der Waals surface area contributed by atoms with Crippen LogP contribution in [0.15, 0.2) is 30.6 Å². The Bertz CT molecular complexity index is 778. The van der Waals surface area contributed by atoms with Gasteiger partial charge in [0.15, 0.2) is 5.65 Å². The minimum atomic E-state index is -4.36. The zero-order valence-corrected chi connectivity index (χ0v) is 10.4. The molecule has 0 amide bonds. The molecule has 1 aromatic carbocycles. The van der Waals surface area contributed by atoms with Crippen LogP contribution >= 0.6 is 0 Å². The maximum Gasteiger partial charge on any atom is 0.416 e. The van der Waals surface area contributed by atoms with Crippen LogP contribution in [0.2, 0.25) is 0 Å². The second kappa shape index (κ2) is 4.62. The van der Waals surface area contributed by atoms with Crippen LogP contribution in [0.1, 0.15) is 5.56 Å². The monoisotopic (exact) mass is 294 g/mol. The molecule has 0 aliphatic carbocycles. The lowest BCUT2D eigenvalue weighted by molar-refractivity contribution is -0.137. The Kier molecular flexibility index (Phi) is 2.89. The fraction of sp³-hybridized carbons (Fsp3) is 0.0833. The van der Waals surface area contributed by atoms with E-state index in [9.17, 15) is 13.2 Å². The van der Waals surface area contributed by atoms with Gasteiger partial charge in [-0.1, -0.05) is 0 Å². The molecular formula is C12H9F3N6. The van der Waals surface area contributed by atoms with Crippen LogP contribution in [0.25, 0.3) is 11.0 Å². The molecular weight excluding hydrogens is 285 g/mol. The van der Waals surface area contributed by atoms with Crippen molar-refractivity contribution < 1.29 is 13.2 Å². The van der Waals surface area contributed by atoms with Crippen molar-refractivity contribution >= 4 is 28.4 Å². The van der Waals surface area contributed by atoms with Crippen LogP contribution in [0.3, 0.4) is 0 Å². The van der Waals surface area contributed by atoms with Gasteiger partial charge in [0.1, 0.15) is 23.3 Å². The smallest absolute Gasteiger partial charge is 0.383 e. The van der Waals surface area contributed by atoms with Gasteiger partial charge in [-0.2, -0.15) is 18.3 Å². The average molecular weight is 294 g/mol. The van der Waals surface area contributed by atoms with E-state index in [1.165, 1.54) is 18.5 Å². The first-order chi connectivity index (χ1) is 9.95. The van der Waals surface area contributed by atoms with Gasteiger partial charge < -0.3 is 11.1 Å². The van der Waals surface area contributed by atoms with E-state index in [1.807, 2.05) is 0 Å². The molecule has 0 radical (unpaired) electrons. The van der Waals surface area contributed by atoms with Crippen molar-refractivity contribution in [3.05, 3.63) is 36.2 Å². The molecule has 0 saturated heterocycles. The number of nitrogens with one attached hydrogen (secondary N) is 2. The van der Waals surface area contributed by atoms with Gasteiger partial charge in [0.2, 0.25) is 0 Å². The first-order valence-electron chi connectivity index (χ1n) is 5.84. The van der Waals surface area contributed by atoms with Crippen LogP contribution in [0, 0.1) is 0 Å². The molecule has 6 nitrogen and oxygen atoms in total. The molecule has 0 atom stereocenters. The van der Waals surface area contributed by atoms with Gasteiger partial charge in [-0.05, 0) is 24.3 Å². The summed E-state index contributed by atoms with van der Waals surface area (Å²) in [7, 11) is 0. The number of anilines is 3. The Labute approximate surface area is 116 Å². The van der Waals surface area contributed by atoms with Gasteiger partial charge in [-0.25, -0.2) is 9.97 Å². The predicted molar refractivity (Wildman–Crippen MR) is 70.8 cm³/mol. The summed E-state index contributed by atoms with van der Waals surface area (Å²) in [6.45, 7) is 0. The van der Waals surface area contributed by atoms with Gasteiger partial charge in [0.25, 0.3) is 0 Å². The predicted octanol–water partition coefficient (Wildman–Crippen LogP) is 2.70. The summed E-state index contributed by atoms with van der Waals surface area (Å²) in [5.41, 5.74) is 5.85. The molecule has 0 bridgehead atoms. The first-order valence-corrected chi connectivity index (χ1v) is 5.84. The fourth-order valence-electron chi connectivity index (χ4n) is 1.86. The molecule has 9 heteroatoms. The van der Waals surface area contributed by atoms with Gasteiger partial charge in [-0.3, -0.25) is 5.10 Å². The van der Waals surface area contributed by atoms with E-state index in [1.54, 1.807) is 0 Å². The van der Waals surface area contributed by atoms with Crippen molar-refractivity contribution in [2.45, 2.75) is 6.18 Å². The minimum absolute atomic E-state index is 0.225. The molecule has 108 valence electrons. The third kappa shape index (κ3) is 2.45. The third-order valence-corrected chi connectivity index (χ3v) is 2.86. The number of nitrogens with two attached hydrogens (primary N) is 1. The number of halogens is 3. The van der Waals surface area contributed by atoms with Crippen molar-refractivity contribution in [2.24, 2.45) is 0 Å². The molecule has 2 aromatic heterocycles. The third-order valence-electron chi connectivity index (χ3n) is 2.86. The lowest BCUT2D eigenvalue weighted by atomic mass is 10.2. The molecule has 0 unspecified atom stereocenters. The highest BCUT2D eigenvalue weighted by Gasteiger charge is 2.29. The normalized spacial score (nSPS) is 11.8. The van der Waals surface area contributed by atoms with Crippen LogP contribution in [-0.2, 0) is 6.18 Å². The number of hydrogen-bond acceptors (Lipinski definition) is 5. The Morgan fingerprint density at radius 1 is 1.10 bits per heavy atom. The van der Waals surface area contributed by atoms with Gasteiger partial charge in [0.05, 0.1) is 5.56 Å². The second-order valence-electron chi connectivity index (χ2n) is 4.26. The molecule has 0 saturated carbocycles. The molecule has 0 aliphatic heterocycles. The summed E-state index contributed by atoms with van der Waals surface area (Å²) in [5.74, 6) is 0.644. The number of H-pyrrole nitrogens is 1. The van der Waals surface area contributed by atoms with Crippen molar-refractivity contribution in [3.63, 3.8) is 0 Å². The fourth-order valence-corrected chi connectivity index (χ4v) is 1.86. The second-order valence-corrected chi connectivity index (χ2v) is 4.26. The zero-order chi connectivity index (χ0) is 15.0. The molecule has 2 heterocycles. The maximum atomic E-state index is 12.5. The van der Waals surface area contributed by atoms with E-state index in [0.29, 0.717) is 22.5 Å². The Morgan fingerprint density at radius 2 is 1.81 bits per heavy atom. The largest absolute Gasteiger partial charge is 0.416 e. The molecule has 3 aromatic rings. The molecule has 0 spiro atoms. The van der Waals surface area contributed by atoms with E-state index < -0.39 is 11.7 Å². The number of aromatic amines is 1. The Balaban J connectivity index is 1.92.